The Morgan fingerprint density at radius 3 is 2.65 bits per heavy atom. The van der Waals surface area contributed by atoms with E-state index in [2.05, 4.69) is 4.98 Å². The molecule has 0 bridgehead atoms. The van der Waals surface area contributed by atoms with Crippen LogP contribution in [-0.4, -0.2) is 22.5 Å². The monoisotopic (exact) mass is 393 g/mol. The molecule has 0 fully saturated rings. The number of carbonyl (C=O) groups is 2. The number of hydrogen-bond acceptors (Lipinski definition) is 5. The minimum Gasteiger partial charge on any atom is -0.545 e. The van der Waals surface area contributed by atoms with Crippen molar-refractivity contribution in [3.05, 3.63) is 57.7 Å². The Morgan fingerprint density at radius 1 is 1.22 bits per heavy atom. The molecular weight excluding hydrogens is 384 g/mol. The van der Waals surface area contributed by atoms with E-state index in [4.69, 9.17) is 23.2 Å². The number of carboxylic acids is 1. The maximum absolute atomic E-state index is 12.0. The zero-order valence-electron chi connectivity index (χ0n) is 12.2. The number of hydrogen-bond donors (Lipinski definition) is 0. The van der Waals surface area contributed by atoms with Gasteiger partial charge < -0.3 is 9.90 Å². The first-order valence-electron chi connectivity index (χ1n) is 6.22. The fourth-order valence-corrected chi connectivity index (χ4v) is 2.97. The predicted molar refractivity (Wildman–Crippen MR) is 84.5 cm³/mol. The summed E-state index contributed by atoms with van der Waals surface area (Å²) in [6.07, 6.45) is 1.59. The van der Waals surface area contributed by atoms with E-state index in [0.717, 1.165) is 11.8 Å². The number of aromatic nitrogens is 1. The number of benzene rings is 1. The molecule has 0 atom stereocenters. The van der Waals surface area contributed by atoms with Crippen molar-refractivity contribution in [2.24, 2.45) is 0 Å². The summed E-state index contributed by atoms with van der Waals surface area (Å²) in [5, 5.41) is 12.2. The predicted octanol–water partition coefficient (Wildman–Crippen LogP) is -0.340. The van der Waals surface area contributed by atoms with E-state index in [0.29, 0.717) is 15.6 Å². The van der Waals surface area contributed by atoms with Gasteiger partial charge in [-0.05, 0) is 35.9 Å². The van der Waals surface area contributed by atoms with Gasteiger partial charge in [0.2, 0.25) is 0 Å². The van der Waals surface area contributed by atoms with Gasteiger partial charge in [0.15, 0.2) is 0 Å². The maximum Gasteiger partial charge on any atom is 1.00 e. The van der Waals surface area contributed by atoms with Crippen LogP contribution in [0.5, 0.6) is 0 Å². The molecule has 0 saturated heterocycles. The maximum atomic E-state index is 12.0. The molecule has 1 aromatic carbocycles. The first-order chi connectivity index (χ1) is 10.5. The molecule has 114 valence electrons. The molecule has 0 saturated carbocycles. The minimum atomic E-state index is -1.32. The summed E-state index contributed by atoms with van der Waals surface area (Å²) in [5.74, 6) is -1.34. The number of rotatable bonds is 6. The fourth-order valence-electron chi connectivity index (χ4n) is 1.75. The molecule has 0 amide bonds. The first-order valence-corrected chi connectivity index (χ1v) is 7.96. The van der Waals surface area contributed by atoms with Crippen LogP contribution >= 0.6 is 35.0 Å². The number of carboxylic acid groups (broad SMARTS) is 1. The van der Waals surface area contributed by atoms with E-state index in [-0.39, 0.29) is 79.9 Å². The molecule has 1 aromatic heterocycles. The summed E-state index contributed by atoms with van der Waals surface area (Å²) >= 11 is 12.9. The average Bonchev–Trinajstić information content (AvgIpc) is 2.49. The van der Waals surface area contributed by atoms with Crippen LogP contribution in [0.25, 0.3) is 0 Å². The van der Waals surface area contributed by atoms with E-state index in [9.17, 15) is 14.7 Å². The van der Waals surface area contributed by atoms with Crippen molar-refractivity contribution in [3.8, 4) is 0 Å². The summed E-state index contributed by atoms with van der Waals surface area (Å²) in [5.41, 5.74) is 0.613. The minimum absolute atomic E-state index is 0. The number of Topliss-reactive ketones (excluding diaryl/α,β-unsaturated/α-hetero) is 1. The molecule has 0 N–H and O–H groups in total. The molecule has 1 heterocycles. The summed E-state index contributed by atoms with van der Waals surface area (Å²) in [6.45, 7) is 0. The van der Waals surface area contributed by atoms with Crippen LogP contribution in [0.1, 0.15) is 15.9 Å². The van der Waals surface area contributed by atoms with Crippen LogP contribution in [0.15, 0.2) is 41.6 Å². The van der Waals surface area contributed by atoms with Gasteiger partial charge in [0, 0.05) is 28.2 Å². The van der Waals surface area contributed by atoms with Gasteiger partial charge in [-0.15, -0.1) is 0 Å². The number of thioether (sulfide) groups is 1. The smallest absolute Gasteiger partial charge is 0.545 e. The third-order valence-electron chi connectivity index (χ3n) is 2.76. The number of pyridine rings is 1. The van der Waals surface area contributed by atoms with Gasteiger partial charge in [0.05, 0.1) is 11.7 Å². The van der Waals surface area contributed by atoms with Crippen molar-refractivity contribution in [2.75, 3.05) is 5.75 Å². The molecule has 2 aromatic rings. The average molecular weight is 394 g/mol. The van der Waals surface area contributed by atoms with Gasteiger partial charge in [-0.25, -0.2) is 4.98 Å². The van der Waals surface area contributed by atoms with E-state index in [1.807, 2.05) is 0 Å². The standard InChI is InChI=1S/C15H11Cl2NO3S.K/c16-10-3-4-13(17)9(6-10)7-11(19)8-22-14-12(15(20)21)2-1-5-18-14;/h1-6H,7-8H2,(H,20,21);/q;+1/p-1. The number of halogens is 2. The van der Waals surface area contributed by atoms with Gasteiger partial charge in [0.25, 0.3) is 0 Å². The van der Waals surface area contributed by atoms with Crippen molar-refractivity contribution in [1.29, 1.82) is 0 Å². The van der Waals surface area contributed by atoms with Gasteiger partial charge in [-0.1, -0.05) is 35.0 Å². The summed E-state index contributed by atoms with van der Waals surface area (Å²) in [7, 11) is 0. The fraction of sp³-hybridized carbons (Fsp3) is 0.133. The van der Waals surface area contributed by atoms with Crippen molar-refractivity contribution in [2.45, 2.75) is 11.4 Å². The SMILES string of the molecule is O=C(CSc1ncccc1C(=O)[O-])Cc1cc(Cl)ccc1Cl.[K+]. The van der Waals surface area contributed by atoms with Crippen LogP contribution in [0.2, 0.25) is 10.0 Å². The van der Waals surface area contributed by atoms with Gasteiger partial charge in [0.1, 0.15) is 10.8 Å². The van der Waals surface area contributed by atoms with Gasteiger partial charge in [-0.3, -0.25) is 4.79 Å². The quantitative estimate of drug-likeness (QED) is 0.495. The van der Waals surface area contributed by atoms with Crippen LogP contribution in [0.3, 0.4) is 0 Å². The van der Waals surface area contributed by atoms with Gasteiger partial charge >= 0.3 is 51.4 Å². The molecule has 0 radical (unpaired) electrons. The van der Waals surface area contributed by atoms with E-state index in [1.165, 1.54) is 18.3 Å². The molecule has 0 aliphatic heterocycles. The van der Waals surface area contributed by atoms with Gasteiger partial charge in [-0.2, -0.15) is 0 Å². The topological polar surface area (TPSA) is 70.1 Å². The Bertz CT molecular complexity index is 728. The van der Waals surface area contributed by atoms with Crippen LogP contribution < -0.4 is 56.5 Å². The molecular formula is C15H10Cl2KNO3S. The van der Waals surface area contributed by atoms with Crippen LogP contribution in [0.4, 0.5) is 0 Å². The van der Waals surface area contributed by atoms with Crippen molar-refractivity contribution in [3.63, 3.8) is 0 Å². The zero-order valence-corrected chi connectivity index (χ0v) is 17.7. The molecule has 0 spiro atoms. The molecule has 2 rings (SSSR count). The second kappa shape index (κ2) is 10.2. The Balaban J connectivity index is 0.00000264. The Hall–Kier alpha value is 0.0764. The number of nitrogens with zero attached hydrogens (tertiary/aromatic N) is 1. The molecule has 8 heteroatoms. The van der Waals surface area contributed by atoms with Crippen LogP contribution in [-0.2, 0) is 11.2 Å². The van der Waals surface area contributed by atoms with E-state index >= 15 is 0 Å². The normalized spacial score (nSPS) is 10.0. The second-order valence-corrected chi connectivity index (χ2v) is 6.19. The van der Waals surface area contributed by atoms with Crippen molar-refractivity contribution in [1.82, 2.24) is 4.98 Å². The summed E-state index contributed by atoms with van der Waals surface area (Å²) in [6, 6.07) is 7.81. The van der Waals surface area contributed by atoms with Crippen molar-refractivity contribution >= 4 is 46.7 Å². The Morgan fingerprint density at radius 2 is 1.96 bits per heavy atom. The van der Waals surface area contributed by atoms with Crippen LogP contribution in [0, 0.1) is 0 Å². The third kappa shape index (κ3) is 6.47. The van der Waals surface area contributed by atoms with E-state index in [1.54, 1.807) is 18.2 Å². The largest absolute Gasteiger partial charge is 1.00 e. The van der Waals surface area contributed by atoms with E-state index < -0.39 is 5.97 Å². The zero-order chi connectivity index (χ0) is 16.1. The molecule has 0 aliphatic carbocycles. The third-order valence-corrected chi connectivity index (χ3v) is 4.43. The molecule has 4 nitrogen and oxygen atoms in total. The summed E-state index contributed by atoms with van der Waals surface area (Å²) < 4.78 is 0. The second-order valence-electron chi connectivity index (χ2n) is 4.38. The molecule has 23 heavy (non-hydrogen) atoms. The molecule has 0 aliphatic rings. The number of ketones is 1. The number of carbonyl (C=O) groups excluding carboxylic acids is 2. The Kier molecular flexibility index (Phi) is 9.32. The van der Waals surface area contributed by atoms with Crippen molar-refractivity contribution < 1.29 is 66.1 Å². The molecule has 0 unspecified atom stereocenters. The first kappa shape index (κ1) is 21.1. The Labute approximate surface area is 190 Å². The number of aromatic carboxylic acids is 1. The summed E-state index contributed by atoms with van der Waals surface area (Å²) in [4.78, 5) is 26.9.